The van der Waals surface area contributed by atoms with Crippen molar-refractivity contribution in [1.82, 2.24) is 0 Å². The Bertz CT molecular complexity index is 346. The van der Waals surface area contributed by atoms with Gasteiger partial charge in [0.15, 0.2) is 11.5 Å². The zero-order valence-electron chi connectivity index (χ0n) is 9.74. The fraction of sp³-hybridized carbons (Fsp3) is 0.538. The smallest absolute Gasteiger partial charge is 0.184 e. The summed E-state index contributed by atoms with van der Waals surface area (Å²) in [6.45, 7) is 0.755. The maximum absolute atomic E-state index is 5.88. The molecule has 1 aromatic carbocycles. The maximum atomic E-state index is 5.88. The van der Waals surface area contributed by atoms with E-state index in [0.29, 0.717) is 17.4 Å². The maximum Gasteiger partial charge on any atom is 0.184 e. The van der Waals surface area contributed by atoms with Crippen molar-refractivity contribution in [1.29, 1.82) is 0 Å². The van der Waals surface area contributed by atoms with Crippen LogP contribution in [0.2, 0.25) is 0 Å². The van der Waals surface area contributed by atoms with Crippen LogP contribution in [-0.4, -0.2) is 13.7 Å². The fourth-order valence-corrected chi connectivity index (χ4v) is 2.23. The minimum atomic E-state index is 0.650. The van der Waals surface area contributed by atoms with Gasteiger partial charge in [0.2, 0.25) is 0 Å². The Hall–Kier alpha value is -1.38. The van der Waals surface area contributed by atoms with Crippen LogP contribution in [0.4, 0.5) is 5.69 Å². The van der Waals surface area contributed by atoms with Gasteiger partial charge in [-0.2, -0.15) is 0 Å². The Balaban J connectivity index is 2.01. The number of para-hydroxylation sites is 1. The van der Waals surface area contributed by atoms with Gasteiger partial charge in [-0.3, -0.25) is 0 Å². The lowest BCUT2D eigenvalue weighted by Gasteiger charge is -2.15. The highest BCUT2D eigenvalue weighted by atomic mass is 16.5. The number of nitrogens with two attached hydrogens (primary N) is 1. The van der Waals surface area contributed by atoms with E-state index in [1.807, 2.05) is 18.2 Å². The summed E-state index contributed by atoms with van der Waals surface area (Å²) in [6.07, 6.45) is 5.20. The average molecular weight is 221 g/mol. The number of rotatable bonds is 4. The zero-order chi connectivity index (χ0) is 11.4. The van der Waals surface area contributed by atoms with Gasteiger partial charge in [0.25, 0.3) is 0 Å². The molecule has 0 bridgehead atoms. The highest BCUT2D eigenvalue weighted by molar-refractivity contribution is 5.60. The topological polar surface area (TPSA) is 44.5 Å². The molecule has 88 valence electrons. The van der Waals surface area contributed by atoms with Gasteiger partial charge in [-0.1, -0.05) is 18.9 Å². The van der Waals surface area contributed by atoms with Gasteiger partial charge in [-0.15, -0.1) is 0 Å². The van der Waals surface area contributed by atoms with Crippen molar-refractivity contribution < 1.29 is 9.47 Å². The minimum absolute atomic E-state index is 0.650. The molecule has 0 heterocycles. The van der Waals surface area contributed by atoms with Crippen LogP contribution in [0.1, 0.15) is 25.7 Å². The molecule has 2 rings (SSSR count). The molecule has 1 aromatic rings. The van der Waals surface area contributed by atoms with Crippen LogP contribution in [0.5, 0.6) is 11.5 Å². The Morgan fingerprint density at radius 2 is 2.06 bits per heavy atom. The number of methoxy groups -OCH3 is 1. The third kappa shape index (κ3) is 2.40. The minimum Gasteiger partial charge on any atom is -0.493 e. The van der Waals surface area contributed by atoms with E-state index in [0.717, 1.165) is 12.4 Å². The zero-order valence-corrected chi connectivity index (χ0v) is 9.74. The monoisotopic (exact) mass is 221 g/mol. The van der Waals surface area contributed by atoms with Gasteiger partial charge >= 0.3 is 0 Å². The van der Waals surface area contributed by atoms with Gasteiger partial charge in [-0.05, 0) is 30.9 Å². The summed E-state index contributed by atoms with van der Waals surface area (Å²) in [5.41, 5.74) is 6.53. The third-order valence-corrected chi connectivity index (χ3v) is 3.17. The predicted octanol–water partition coefficient (Wildman–Crippen LogP) is 2.85. The molecular formula is C13H19NO2. The Morgan fingerprint density at radius 1 is 1.31 bits per heavy atom. The first-order chi connectivity index (χ1) is 7.81. The SMILES string of the molecule is COc1cccc(N)c1OCC1CCCC1. The second kappa shape index (κ2) is 5.10. The van der Waals surface area contributed by atoms with Crippen molar-refractivity contribution in [3.8, 4) is 11.5 Å². The molecule has 3 heteroatoms. The van der Waals surface area contributed by atoms with Crippen LogP contribution in [-0.2, 0) is 0 Å². The molecule has 0 unspecified atom stereocenters. The third-order valence-electron chi connectivity index (χ3n) is 3.17. The summed E-state index contributed by atoms with van der Waals surface area (Å²) < 4.78 is 11.0. The number of hydrogen-bond acceptors (Lipinski definition) is 3. The largest absolute Gasteiger partial charge is 0.493 e. The van der Waals surface area contributed by atoms with Crippen molar-refractivity contribution in [3.05, 3.63) is 18.2 Å². The molecule has 1 aliphatic carbocycles. The average Bonchev–Trinajstić information content (AvgIpc) is 2.80. The van der Waals surface area contributed by atoms with Crippen LogP contribution < -0.4 is 15.2 Å². The van der Waals surface area contributed by atoms with Crippen molar-refractivity contribution in [2.75, 3.05) is 19.5 Å². The summed E-state index contributed by atoms with van der Waals surface area (Å²) >= 11 is 0. The van der Waals surface area contributed by atoms with Crippen molar-refractivity contribution >= 4 is 5.69 Å². The molecule has 0 saturated heterocycles. The first-order valence-corrected chi connectivity index (χ1v) is 5.86. The van der Waals surface area contributed by atoms with Crippen LogP contribution in [0, 0.1) is 5.92 Å². The van der Waals surface area contributed by atoms with Gasteiger partial charge in [-0.25, -0.2) is 0 Å². The lowest BCUT2D eigenvalue weighted by molar-refractivity contribution is 0.242. The molecule has 2 N–H and O–H groups in total. The predicted molar refractivity (Wildman–Crippen MR) is 64.9 cm³/mol. The Labute approximate surface area is 96.5 Å². The highest BCUT2D eigenvalue weighted by Crippen LogP contribution is 2.34. The van der Waals surface area contributed by atoms with E-state index in [1.54, 1.807) is 7.11 Å². The van der Waals surface area contributed by atoms with Crippen molar-refractivity contribution in [2.24, 2.45) is 5.92 Å². The van der Waals surface area contributed by atoms with E-state index in [1.165, 1.54) is 25.7 Å². The van der Waals surface area contributed by atoms with Gasteiger partial charge in [0, 0.05) is 0 Å². The van der Waals surface area contributed by atoms with Gasteiger partial charge < -0.3 is 15.2 Å². The van der Waals surface area contributed by atoms with Gasteiger partial charge in [0.1, 0.15) is 0 Å². The summed E-state index contributed by atoms with van der Waals surface area (Å²) in [4.78, 5) is 0. The quantitative estimate of drug-likeness (QED) is 0.795. The second-order valence-electron chi connectivity index (χ2n) is 4.34. The number of benzene rings is 1. The number of hydrogen-bond donors (Lipinski definition) is 1. The molecule has 0 amide bonds. The van der Waals surface area contributed by atoms with E-state index in [2.05, 4.69) is 0 Å². The molecule has 1 saturated carbocycles. The standard InChI is InChI=1S/C13H19NO2/c1-15-12-8-4-7-11(14)13(12)16-9-10-5-2-3-6-10/h4,7-8,10H,2-3,5-6,9,14H2,1H3. The first kappa shape index (κ1) is 11.1. The Morgan fingerprint density at radius 3 is 2.75 bits per heavy atom. The molecule has 0 spiro atoms. The highest BCUT2D eigenvalue weighted by Gasteiger charge is 2.17. The molecule has 1 aliphatic rings. The molecule has 0 aromatic heterocycles. The van der Waals surface area contributed by atoms with E-state index in [4.69, 9.17) is 15.2 Å². The molecule has 3 nitrogen and oxygen atoms in total. The van der Waals surface area contributed by atoms with Crippen LogP contribution in [0.15, 0.2) is 18.2 Å². The van der Waals surface area contributed by atoms with Crippen LogP contribution in [0.25, 0.3) is 0 Å². The second-order valence-corrected chi connectivity index (χ2v) is 4.34. The molecular weight excluding hydrogens is 202 g/mol. The molecule has 1 fully saturated rings. The van der Waals surface area contributed by atoms with Crippen molar-refractivity contribution in [2.45, 2.75) is 25.7 Å². The van der Waals surface area contributed by atoms with Crippen LogP contribution >= 0.6 is 0 Å². The molecule has 16 heavy (non-hydrogen) atoms. The summed E-state index contributed by atoms with van der Waals surface area (Å²) in [6, 6.07) is 5.59. The van der Waals surface area contributed by atoms with E-state index in [9.17, 15) is 0 Å². The number of ether oxygens (including phenoxy) is 2. The Kier molecular flexibility index (Phi) is 3.54. The van der Waals surface area contributed by atoms with E-state index >= 15 is 0 Å². The number of nitrogen functional groups attached to an aromatic ring is 1. The molecule has 0 aliphatic heterocycles. The summed E-state index contributed by atoms with van der Waals surface area (Å²) in [7, 11) is 1.64. The van der Waals surface area contributed by atoms with Crippen LogP contribution in [0.3, 0.4) is 0 Å². The molecule has 0 radical (unpaired) electrons. The molecule has 0 atom stereocenters. The summed E-state index contributed by atoms with van der Waals surface area (Å²) in [5, 5.41) is 0. The first-order valence-electron chi connectivity index (χ1n) is 5.86. The van der Waals surface area contributed by atoms with Crippen molar-refractivity contribution in [3.63, 3.8) is 0 Å². The normalized spacial score (nSPS) is 16.3. The fourth-order valence-electron chi connectivity index (χ4n) is 2.23. The lowest BCUT2D eigenvalue weighted by atomic mass is 10.1. The van der Waals surface area contributed by atoms with Gasteiger partial charge in [0.05, 0.1) is 19.4 Å². The lowest BCUT2D eigenvalue weighted by Crippen LogP contribution is -2.09. The van der Waals surface area contributed by atoms with E-state index < -0.39 is 0 Å². The van der Waals surface area contributed by atoms with E-state index in [-0.39, 0.29) is 0 Å². The summed E-state index contributed by atoms with van der Waals surface area (Å²) in [5.74, 6) is 2.10. The number of anilines is 1.